The van der Waals surface area contributed by atoms with E-state index < -0.39 is 11.7 Å². The number of nitrogens with zero attached hydrogens (tertiary/aromatic N) is 1. The summed E-state index contributed by atoms with van der Waals surface area (Å²) in [6.45, 7) is 0. The molecule has 3 rings (SSSR count). The third-order valence-corrected chi connectivity index (χ3v) is 2.97. The molecule has 0 unspecified atom stereocenters. The van der Waals surface area contributed by atoms with E-state index in [2.05, 4.69) is 9.97 Å². The van der Waals surface area contributed by atoms with Crippen molar-refractivity contribution in [2.24, 2.45) is 0 Å². The molecule has 0 aliphatic carbocycles. The number of furan rings is 1. The zero-order chi connectivity index (χ0) is 13.6. The van der Waals surface area contributed by atoms with Crippen molar-refractivity contribution in [1.82, 2.24) is 9.97 Å². The van der Waals surface area contributed by atoms with Gasteiger partial charge in [-0.25, -0.2) is 4.98 Å². The molecule has 3 nitrogen and oxygen atoms in total. The number of nitrogens with one attached hydrogen (secondary N) is 1. The van der Waals surface area contributed by atoms with Crippen LogP contribution in [0, 0.1) is 0 Å². The second-order valence-corrected chi connectivity index (χ2v) is 4.27. The number of aromatic nitrogens is 2. The minimum atomic E-state index is -4.38. The molecule has 0 radical (unpaired) electrons. The molecule has 7 heteroatoms. The molecule has 2 aromatic heterocycles. The summed E-state index contributed by atoms with van der Waals surface area (Å²) in [5, 5.41) is 0.134. The van der Waals surface area contributed by atoms with E-state index in [1.165, 1.54) is 12.3 Å². The van der Waals surface area contributed by atoms with Gasteiger partial charge in [0, 0.05) is 0 Å². The van der Waals surface area contributed by atoms with Crippen LogP contribution >= 0.6 is 11.6 Å². The normalized spacial score (nSPS) is 12.2. The van der Waals surface area contributed by atoms with Gasteiger partial charge in [0.2, 0.25) is 5.22 Å². The maximum atomic E-state index is 12.6. The number of benzene rings is 1. The number of rotatable bonds is 1. The van der Waals surface area contributed by atoms with Gasteiger partial charge in [-0.2, -0.15) is 13.2 Å². The standard InChI is InChI=1S/C12H6ClF3N2O/c13-10-7(3-4-19-10)11-17-8-2-1-6(12(14,15)16)5-9(8)18-11/h1-5H,(H,17,18). The van der Waals surface area contributed by atoms with Crippen LogP contribution in [0.2, 0.25) is 5.22 Å². The van der Waals surface area contributed by atoms with Gasteiger partial charge in [-0.3, -0.25) is 0 Å². The quantitative estimate of drug-likeness (QED) is 0.716. The fraction of sp³-hybridized carbons (Fsp3) is 0.0833. The van der Waals surface area contributed by atoms with Gasteiger partial charge < -0.3 is 9.40 Å². The van der Waals surface area contributed by atoms with Crippen LogP contribution in [0.3, 0.4) is 0 Å². The third kappa shape index (κ3) is 2.08. The second-order valence-electron chi connectivity index (χ2n) is 3.92. The lowest BCUT2D eigenvalue weighted by atomic mass is 10.2. The van der Waals surface area contributed by atoms with Gasteiger partial charge in [-0.1, -0.05) is 0 Å². The maximum Gasteiger partial charge on any atom is 0.416 e. The molecule has 98 valence electrons. The van der Waals surface area contributed by atoms with Crippen molar-refractivity contribution in [3.63, 3.8) is 0 Å². The summed E-state index contributed by atoms with van der Waals surface area (Å²) in [6.07, 6.45) is -3.00. The summed E-state index contributed by atoms with van der Waals surface area (Å²) in [6, 6.07) is 4.90. The van der Waals surface area contributed by atoms with Crippen LogP contribution < -0.4 is 0 Å². The van der Waals surface area contributed by atoms with Crippen molar-refractivity contribution in [3.05, 3.63) is 41.3 Å². The first-order valence-corrected chi connectivity index (χ1v) is 5.63. The minimum absolute atomic E-state index is 0.134. The Bertz CT molecular complexity index is 745. The number of hydrogen-bond acceptors (Lipinski definition) is 2. The highest BCUT2D eigenvalue weighted by Crippen LogP contribution is 2.33. The lowest BCUT2D eigenvalue weighted by Gasteiger charge is -2.05. The number of hydrogen-bond donors (Lipinski definition) is 1. The van der Waals surface area contributed by atoms with Crippen molar-refractivity contribution in [1.29, 1.82) is 0 Å². The summed E-state index contributed by atoms with van der Waals surface area (Å²) in [5.41, 5.74) is 0.502. The summed E-state index contributed by atoms with van der Waals surface area (Å²) in [4.78, 5) is 6.97. The fourth-order valence-corrected chi connectivity index (χ4v) is 1.98. The Morgan fingerprint density at radius 1 is 1.21 bits per heavy atom. The lowest BCUT2D eigenvalue weighted by molar-refractivity contribution is -0.137. The SMILES string of the molecule is FC(F)(F)c1ccc2nc(-c3ccoc3Cl)[nH]c2c1. The predicted octanol–water partition coefficient (Wildman–Crippen LogP) is 4.50. The molecule has 0 spiro atoms. The van der Waals surface area contributed by atoms with Crippen molar-refractivity contribution in [2.45, 2.75) is 6.18 Å². The number of imidazole rings is 1. The Morgan fingerprint density at radius 2 is 2.00 bits per heavy atom. The van der Waals surface area contributed by atoms with Gasteiger partial charge in [0.15, 0.2) is 0 Å². The van der Waals surface area contributed by atoms with Crippen LogP contribution in [0.15, 0.2) is 34.9 Å². The Morgan fingerprint density at radius 3 is 2.63 bits per heavy atom. The van der Waals surface area contributed by atoms with Crippen LogP contribution in [0.25, 0.3) is 22.4 Å². The van der Waals surface area contributed by atoms with Crippen molar-refractivity contribution in [3.8, 4) is 11.4 Å². The van der Waals surface area contributed by atoms with E-state index >= 15 is 0 Å². The van der Waals surface area contributed by atoms with Gasteiger partial charge >= 0.3 is 6.18 Å². The van der Waals surface area contributed by atoms with Gasteiger partial charge in [0.25, 0.3) is 0 Å². The molecular formula is C12H6ClF3N2O. The molecular weight excluding hydrogens is 281 g/mol. The molecule has 2 heterocycles. The predicted molar refractivity (Wildman–Crippen MR) is 63.8 cm³/mol. The minimum Gasteiger partial charge on any atom is -0.452 e. The first-order valence-electron chi connectivity index (χ1n) is 5.25. The van der Waals surface area contributed by atoms with Gasteiger partial charge in [-0.15, -0.1) is 0 Å². The zero-order valence-corrected chi connectivity index (χ0v) is 10.0. The lowest BCUT2D eigenvalue weighted by Crippen LogP contribution is -2.04. The molecule has 0 saturated heterocycles. The Balaban J connectivity index is 2.14. The van der Waals surface area contributed by atoms with Crippen LogP contribution in [0.5, 0.6) is 0 Å². The Labute approximate surface area is 110 Å². The largest absolute Gasteiger partial charge is 0.452 e. The third-order valence-electron chi connectivity index (χ3n) is 2.68. The van der Waals surface area contributed by atoms with E-state index in [0.717, 1.165) is 12.1 Å². The highest BCUT2D eigenvalue weighted by atomic mass is 35.5. The van der Waals surface area contributed by atoms with Crippen LogP contribution in [0.4, 0.5) is 13.2 Å². The Hall–Kier alpha value is -1.95. The first kappa shape index (κ1) is 12.1. The molecule has 0 aliphatic rings. The molecule has 0 aliphatic heterocycles. The van der Waals surface area contributed by atoms with Crippen molar-refractivity contribution >= 4 is 22.6 Å². The van der Waals surface area contributed by atoms with E-state index in [4.69, 9.17) is 16.0 Å². The van der Waals surface area contributed by atoms with Crippen LogP contribution in [0.1, 0.15) is 5.56 Å². The average Bonchev–Trinajstić information content (AvgIpc) is 2.91. The van der Waals surface area contributed by atoms with E-state index in [1.807, 2.05) is 0 Å². The van der Waals surface area contributed by atoms with Crippen LogP contribution in [-0.4, -0.2) is 9.97 Å². The second kappa shape index (κ2) is 4.03. The summed E-state index contributed by atoms with van der Waals surface area (Å²) in [7, 11) is 0. The molecule has 0 saturated carbocycles. The van der Waals surface area contributed by atoms with Crippen molar-refractivity contribution < 1.29 is 17.6 Å². The average molecular weight is 287 g/mol. The van der Waals surface area contributed by atoms with E-state index in [1.54, 1.807) is 6.07 Å². The number of aromatic amines is 1. The maximum absolute atomic E-state index is 12.6. The smallest absolute Gasteiger partial charge is 0.416 e. The monoisotopic (exact) mass is 286 g/mol. The van der Waals surface area contributed by atoms with Crippen LogP contribution in [-0.2, 0) is 6.18 Å². The number of halogens is 4. The van der Waals surface area contributed by atoms with E-state index in [-0.39, 0.29) is 5.22 Å². The summed E-state index contributed by atoms with van der Waals surface area (Å²) < 4.78 is 42.7. The van der Waals surface area contributed by atoms with E-state index in [0.29, 0.717) is 22.4 Å². The first-order chi connectivity index (χ1) is 8.95. The highest BCUT2D eigenvalue weighted by Gasteiger charge is 2.30. The molecule has 0 bridgehead atoms. The molecule has 0 atom stereocenters. The molecule has 3 aromatic rings. The molecule has 1 aromatic carbocycles. The Kier molecular flexibility index (Phi) is 2.56. The van der Waals surface area contributed by atoms with E-state index in [9.17, 15) is 13.2 Å². The topological polar surface area (TPSA) is 41.8 Å². The van der Waals surface area contributed by atoms with Gasteiger partial charge in [0.1, 0.15) is 5.82 Å². The molecule has 19 heavy (non-hydrogen) atoms. The zero-order valence-electron chi connectivity index (χ0n) is 9.25. The summed E-state index contributed by atoms with van der Waals surface area (Å²) in [5.74, 6) is 0.369. The highest BCUT2D eigenvalue weighted by molar-refractivity contribution is 6.31. The van der Waals surface area contributed by atoms with Crippen molar-refractivity contribution in [2.75, 3.05) is 0 Å². The summed E-state index contributed by atoms with van der Waals surface area (Å²) >= 11 is 5.80. The molecule has 1 N–H and O–H groups in total. The van der Waals surface area contributed by atoms with Gasteiger partial charge in [-0.05, 0) is 35.9 Å². The number of fused-ring (bicyclic) bond motifs is 1. The molecule has 0 amide bonds. The molecule has 0 fully saturated rings. The fourth-order valence-electron chi connectivity index (χ4n) is 1.78. The van der Waals surface area contributed by atoms with Gasteiger partial charge in [0.05, 0.1) is 28.4 Å². The number of alkyl halides is 3. The number of H-pyrrole nitrogens is 1.